The van der Waals surface area contributed by atoms with Gasteiger partial charge in [0.05, 0.1) is 11.4 Å². The average Bonchev–Trinajstić information content (AvgIpc) is 2.99. The number of nitrogens with zero attached hydrogens (tertiary/aromatic N) is 3. The third-order valence-electron chi connectivity index (χ3n) is 3.68. The summed E-state index contributed by atoms with van der Waals surface area (Å²) in [4.78, 5) is 14.8. The van der Waals surface area contributed by atoms with E-state index in [1.165, 1.54) is 0 Å². The lowest BCUT2D eigenvalue weighted by Crippen LogP contribution is -2.32. The van der Waals surface area contributed by atoms with Crippen LogP contribution in [0.15, 0.2) is 66.7 Å². The lowest BCUT2D eigenvalue weighted by atomic mass is 10.2. The SMILES string of the molecule is CCN(C(=O)c1cc(C)nn1-c1ccccc1)c1ccccc1. The van der Waals surface area contributed by atoms with E-state index in [9.17, 15) is 4.79 Å². The molecule has 4 nitrogen and oxygen atoms in total. The summed E-state index contributed by atoms with van der Waals surface area (Å²) in [5.41, 5.74) is 3.16. The highest BCUT2D eigenvalue weighted by Gasteiger charge is 2.21. The van der Waals surface area contributed by atoms with Crippen LogP contribution in [-0.2, 0) is 0 Å². The molecule has 0 unspecified atom stereocenters. The number of benzene rings is 2. The van der Waals surface area contributed by atoms with Crippen LogP contribution in [0.2, 0.25) is 0 Å². The number of hydrogen-bond acceptors (Lipinski definition) is 2. The highest BCUT2D eigenvalue weighted by molar-refractivity contribution is 6.05. The Balaban J connectivity index is 2.03. The molecule has 0 N–H and O–H groups in total. The van der Waals surface area contributed by atoms with E-state index in [0.29, 0.717) is 12.2 Å². The first kappa shape index (κ1) is 15.0. The number of aryl methyl sites for hydroxylation is 1. The Hall–Kier alpha value is -2.88. The molecule has 0 atom stereocenters. The van der Waals surface area contributed by atoms with Gasteiger partial charge in [0.15, 0.2) is 0 Å². The first-order valence-corrected chi connectivity index (χ1v) is 7.69. The zero-order chi connectivity index (χ0) is 16.2. The molecule has 0 aliphatic carbocycles. The third-order valence-corrected chi connectivity index (χ3v) is 3.68. The van der Waals surface area contributed by atoms with Crippen LogP contribution < -0.4 is 4.90 Å². The van der Waals surface area contributed by atoms with Crippen molar-refractivity contribution in [3.05, 3.63) is 78.1 Å². The fourth-order valence-corrected chi connectivity index (χ4v) is 2.61. The maximum atomic E-state index is 13.0. The van der Waals surface area contributed by atoms with Gasteiger partial charge >= 0.3 is 0 Å². The number of hydrogen-bond donors (Lipinski definition) is 0. The minimum atomic E-state index is -0.0526. The molecule has 0 radical (unpaired) electrons. The van der Waals surface area contributed by atoms with E-state index in [1.54, 1.807) is 9.58 Å². The minimum absolute atomic E-state index is 0.0526. The van der Waals surface area contributed by atoms with Crippen molar-refractivity contribution in [1.29, 1.82) is 0 Å². The average molecular weight is 305 g/mol. The van der Waals surface area contributed by atoms with Crippen LogP contribution in [0, 0.1) is 6.92 Å². The van der Waals surface area contributed by atoms with Gasteiger partial charge in [0.2, 0.25) is 0 Å². The van der Waals surface area contributed by atoms with E-state index in [-0.39, 0.29) is 5.91 Å². The van der Waals surface area contributed by atoms with Crippen molar-refractivity contribution >= 4 is 11.6 Å². The van der Waals surface area contributed by atoms with Crippen LogP contribution in [0.5, 0.6) is 0 Å². The van der Waals surface area contributed by atoms with Gasteiger partial charge in [-0.2, -0.15) is 5.10 Å². The number of para-hydroxylation sites is 2. The van der Waals surface area contributed by atoms with Gasteiger partial charge in [0.25, 0.3) is 5.91 Å². The van der Waals surface area contributed by atoms with E-state index in [1.807, 2.05) is 80.6 Å². The molecule has 0 fully saturated rings. The van der Waals surface area contributed by atoms with Gasteiger partial charge in [0, 0.05) is 12.2 Å². The second-order valence-electron chi connectivity index (χ2n) is 5.30. The van der Waals surface area contributed by atoms with E-state index >= 15 is 0 Å². The standard InChI is InChI=1S/C19H19N3O/c1-3-21(16-10-6-4-7-11-16)19(23)18-14-15(2)20-22(18)17-12-8-5-9-13-17/h4-14H,3H2,1-2H3. The number of anilines is 1. The molecule has 1 heterocycles. The zero-order valence-corrected chi connectivity index (χ0v) is 13.3. The number of rotatable bonds is 4. The third kappa shape index (κ3) is 3.01. The van der Waals surface area contributed by atoms with Crippen LogP contribution in [-0.4, -0.2) is 22.2 Å². The molecule has 0 spiro atoms. The van der Waals surface area contributed by atoms with Crippen molar-refractivity contribution < 1.29 is 4.79 Å². The van der Waals surface area contributed by atoms with Crippen molar-refractivity contribution in [2.75, 3.05) is 11.4 Å². The Morgan fingerprint density at radius 1 is 1.04 bits per heavy atom. The molecule has 4 heteroatoms. The van der Waals surface area contributed by atoms with Crippen molar-refractivity contribution in [3.63, 3.8) is 0 Å². The molecule has 3 aromatic rings. The topological polar surface area (TPSA) is 38.1 Å². The Kier molecular flexibility index (Phi) is 4.24. The van der Waals surface area contributed by atoms with E-state index < -0.39 is 0 Å². The Morgan fingerprint density at radius 3 is 2.26 bits per heavy atom. The Morgan fingerprint density at radius 2 is 1.65 bits per heavy atom. The van der Waals surface area contributed by atoms with Gasteiger partial charge in [-0.15, -0.1) is 0 Å². The van der Waals surface area contributed by atoms with Crippen LogP contribution in [0.1, 0.15) is 23.1 Å². The Bertz CT molecular complexity index is 794. The molecular formula is C19H19N3O. The fourth-order valence-electron chi connectivity index (χ4n) is 2.61. The Labute approximate surface area is 136 Å². The van der Waals surface area contributed by atoms with Crippen LogP contribution in [0.4, 0.5) is 5.69 Å². The summed E-state index contributed by atoms with van der Waals surface area (Å²) in [6.07, 6.45) is 0. The number of carbonyl (C=O) groups excluding carboxylic acids is 1. The van der Waals surface area contributed by atoms with Crippen LogP contribution in [0.25, 0.3) is 5.69 Å². The number of amides is 1. The predicted molar refractivity (Wildman–Crippen MR) is 92.1 cm³/mol. The molecule has 0 bridgehead atoms. The lowest BCUT2D eigenvalue weighted by Gasteiger charge is -2.21. The van der Waals surface area contributed by atoms with Crippen molar-refractivity contribution in [2.45, 2.75) is 13.8 Å². The second-order valence-corrected chi connectivity index (χ2v) is 5.30. The monoisotopic (exact) mass is 305 g/mol. The first-order chi connectivity index (χ1) is 11.2. The smallest absolute Gasteiger partial charge is 0.277 e. The molecule has 116 valence electrons. The lowest BCUT2D eigenvalue weighted by molar-refractivity contribution is 0.0981. The normalized spacial score (nSPS) is 10.5. The summed E-state index contributed by atoms with van der Waals surface area (Å²) < 4.78 is 1.71. The summed E-state index contributed by atoms with van der Waals surface area (Å²) in [7, 11) is 0. The molecule has 2 aromatic carbocycles. The summed E-state index contributed by atoms with van der Waals surface area (Å²) >= 11 is 0. The largest absolute Gasteiger partial charge is 0.307 e. The van der Waals surface area contributed by atoms with E-state index in [4.69, 9.17) is 0 Å². The highest BCUT2D eigenvalue weighted by atomic mass is 16.2. The van der Waals surface area contributed by atoms with Crippen molar-refractivity contribution in [3.8, 4) is 5.69 Å². The predicted octanol–water partition coefficient (Wildman–Crippen LogP) is 3.85. The molecule has 0 saturated heterocycles. The number of carbonyl (C=O) groups is 1. The molecule has 1 aromatic heterocycles. The molecule has 0 saturated carbocycles. The number of aromatic nitrogens is 2. The van der Waals surface area contributed by atoms with E-state index in [0.717, 1.165) is 17.1 Å². The van der Waals surface area contributed by atoms with E-state index in [2.05, 4.69) is 5.10 Å². The molecule has 0 aliphatic heterocycles. The summed E-state index contributed by atoms with van der Waals surface area (Å²) in [6.45, 7) is 4.47. The first-order valence-electron chi connectivity index (χ1n) is 7.69. The molecule has 0 aliphatic rings. The maximum absolute atomic E-state index is 13.0. The van der Waals surface area contributed by atoms with Gasteiger partial charge in [-0.3, -0.25) is 4.79 Å². The van der Waals surface area contributed by atoms with Crippen LogP contribution >= 0.6 is 0 Å². The summed E-state index contributed by atoms with van der Waals surface area (Å²) in [6, 6.07) is 21.3. The second kappa shape index (κ2) is 6.48. The van der Waals surface area contributed by atoms with Gasteiger partial charge in [0.1, 0.15) is 5.69 Å². The minimum Gasteiger partial charge on any atom is -0.307 e. The molecular weight excluding hydrogens is 286 g/mol. The zero-order valence-electron chi connectivity index (χ0n) is 13.3. The van der Waals surface area contributed by atoms with Gasteiger partial charge in [-0.05, 0) is 44.2 Å². The molecule has 1 amide bonds. The summed E-state index contributed by atoms with van der Waals surface area (Å²) in [5, 5.41) is 4.48. The summed E-state index contributed by atoms with van der Waals surface area (Å²) in [5.74, 6) is -0.0526. The maximum Gasteiger partial charge on any atom is 0.277 e. The van der Waals surface area contributed by atoms with Crippen molar-refractivity contribution in [2.24, 2.45) is 0 Å². The highest BCUT2D eigenvalue weighted by Crippen LogP contribution is 2.19. The fraction of sp³-hybridized carbons (Fsp3) is 0.158. The molecule has 3 rings (SSSR count). The molecule has 23 heavy (non-hydrogen) atoms. The van der Waals surface area contributed by atoms with Gasteiger partial charge < -0.3 is 4.90 Å². The van der Waals surface area contributed by atoms with Gasteiger partial charge in [-0.25, -0.2) is 4.68 Å². The van der Waals surface area contributed by atoms with Crippen molar-refractivity contribution in [1.82, 2.24) is 9.78 Å². The quantitative estimate of drug-likeness (QED) is 0.734. The van der Waals surface area contributed by atoms with Crippen LogP contribution in [0.3, 0.4) is 0 Å². The van der Waals surface area contributed by atoms with Gasteiger partial charge in [-0.1, -0.05) is 36.4 Å².